The Morgan fingerprint density at radius 2 is 2.29 bits per heavy atom. The summed E-state index contributed by atoms with van der Waals surface area (Å²) in [5.74, 6) is -0.00981. The van der Waals surface area contributed by atoms with Gasteiger partial charge in [-0.1, -0.05) is 0 Å². The largest absolute Gasteiger partial charge is 0.450 e. The molecule has 5 nitrogen and oxygen atoms in total. The number of rotatable bonds is 2. The molecular weight excluding hydrogens is 208 g/mol. The van der Waals surface area contributed by atoms with Crippen molar-refractivity contribution >= 4 is 18.5 Å². The smallest absolute Gasteiger partial charge is 0.409 e. The Morgan fingerprint density at radius 3 is 2.71 bits per heavy atom. The first kappa shape index (κ1) is 13.5. The van der Waals surface area contributed by atoms with E-state index in [2.05, 4.69) is 0 Å². The van der Waals surface area contributed by atoms with Crippen LogP contribution in [0.2, 0.25) is 0 Å². The summed E-state index contributed by atoms with van der Waals surface area (Å²) in [6, 6.07) is -0.130. The molecule has 1 heterocycles. The lowest BCUT2D eigenvalue weighted by Gasteiger charge is -2.14. The van der Waals surface area contributed by atoms with Crippen LogP contribution in [-0.4, -0.2) is 48.4 Å². The standard InChI is InChI=1S/C8H16N2O3.ClH/c1-2-13-8(12)10-3-6(5-11)7(9)4-10;/h6-7,11H,2-5,9H2,1H3;1H/t6-,7-;/m0./s1. The van der Waals surface area contributed by atoms with Crippen LogP contribution < -0.4 is 5.73 Å². The summed E-state index contributed by atoms with van der Waals surface area (Å²) in [4.78, 5) is 12.8. The lowest BCUT2D eigenvalue weighted by Crippen LogP contribution is -2.33. The van der Waals surface area contributed by atoms with Gasteiger partial charge < -0.3 is 20.5 Å². The van der Waals surface area contributed by atoms with E-state index in [1.54, 1.807) is 6.92 Å². The van der Waals surface area contributed by atoms with Gasteiger partial charge in [-0.3, -0.25) is 0 Å². The van der Waals surface area contributed by atoms with Crippen LogP contribution in [0.25, 0.3) is 0 Å². The predicted octanol–water partition coefficient (Wildman–Crippen LogP) is -0.184. The van der Waals surface area contributed by atoms with Crippen molar-refractivity contribution in [3.63, 3.8) is 0 Å². The Morgan fingerprint density at radius 1 is 1.64 bits per heavy atom. The molecule has 1 fully saturated rings. The first-order valence-corrected chi connectivity index (χ1v) is 4.47. The number of hydrogen-bond donors (Lipinski definition) is 2. The zero-order valence-electron chi connectivity index (χ0n) is 8.18. The highest BCUT2D eigenvalue weighted by Crippen LogP contribution is 2.15. The van der Waals surface area contributed by atoms with E-state index in [1.165, 1.54) is 4.90 Å². The van der Waals surface area contributed by atoms with Crippen molar-refractivity contribution in [3.8, 4) is 0 Å². The maximum Gasteiger partial charge on any atom is 0.409 e. The number of aliphatic hydroxyl groups excluding tert-OH is 1. The Bertz CT molecular complexity index is 191. The molecule has 0 aromatic rings. The number of likely N-dealkylation sites (tertiary alicyclic amines) is 1. The molecule has 3 N–H and O–H groups in total. The normalized spacial score (nSPS) is 25.8. The molecule has 1 aliphatic rings. The lowest BCUT2D eigenvalue weighted by molar-refractivity contribution is 0.112. The molecule has 1 amide bonds. The Balaban J connectivity index is 0.00000169. The highest BCUT2D eigenvalue weighted by molar-refractivity contribution is 5.85. The van der Waals surface area contributed by atoms with Crippen molar-refractivity contribution in [2.75, 3.05) is 26.3 Å². The second-order valence-corrected chi connectivity index (χ2v) is 3.21. The summed E-state index contributed by atoms with van der Waals surface area (Å²) in [7, 11) is 0. The van der Waals surface area contributed by atoms with Gasteiger partial charge in [-0.05, 0) is 6.92 Å². The van der Waals surface area contributed by atoms with Gasteiger partial charge in [-0.15, -0.1) is 12.4 Å². The molecule has 14 heavy (non-hydrogen) atoms. The van der Waals surface area contributed by atoms with E-state index in [4.69, 9.17) is 15.6 Å². The molecule has 0 saturated carbocycles. The van der Waals surface area contributed by atoms with Gasteiger partial charge in [0.1, 0.15) is 0 Å². The number of aliphatic hydroxyl groups is 1. The van der Waals surface area contributed by atoms with Crippen LogP contribution in [0.4, 0.5) is 4.79 Å². The van der Waals surface area contributed by atoms with Crippen LogP contribution in [-0.2, 0) is 4.74 Å². The van der Waals surface area contributed by atoms with Crippen LogP contribution in [0.1, 0.15) is 6.92 Å². The van der Waals surface area contributed by atoms with Crippen LogP contribution >= 0.6 is 12.4 Å². The topological polar surface area (TPSA) is 75.8 Å². The van der Waals surface area contributed by atoms with Crippen LogP contribution in [0.5, 0.6) is 0 Å². The minimum absolute atomic E-state index is 0. The van der Waals surface area contributed by atoms with Gasteiger partial charge in [0.2, 0.25) is 0 Å². The second kappa shape index (κ2) is 6.06. The van der Waals surface area contributed by atoms with Crippen molar-refractivity contribution < 1.29 is 14.6 Å². The van der Waals surface area contributed by atoms with Crippen molar-refractivity contribution in [1.29, 1.82) is 0 Å². The molecule has 0 aromatic heterocycles. The number of nitrogens with two attached hydrogens (primary N) is 1. The number of hydrogen-bond acceptors (Lipinski definition) is 4. The first-order chi connectivity index (χ1) is 6.19. The maximum absolute atomic E-state index is 11.2. The van der Waals surface area contributed by atoms with E-state index in [-0.39, 0.29) is 37.1 Å². The van der Waals surface area contributed by atoms with Crippen molar-refractivity contribution in [3.05, 3.63) is 0 Å². The van der Waals surface area contributed by atoms with E-state index in [9.17, 15) is 4.79 Å². The molecule has 0 aliphatic carbocycles. The fraction of sp³-hybridized carbons (Fsp3) is 0.875. The fourth-order valence-corrected chi connectivity index (χ4v) is 1.45. The zero-order chi connectivity index (χ0) is 9.84. The Labute approximate surface area is 89.6 Å². The number of carbonyl (C=O) groups excluding carboxylic acids is 1. The zero-order valence-corrected chi connectivity index (χ0v) is 9.00. The molecule has 1 saturated heterocycles. The van der Waals surface area contributed by atoms with E-state index >= 15 is 0 Å². The van der Waals surface area contributed by atoms with Crippen molar-refractivity contribution in [1.82, 2.24) is 4.90 Å². The minimum atomic E-state index is -0.339. The molecule has 84 valence electrons. The van der Waals surface area contributed by atoms with Crippen molar-refractivity contribution in [2.24, 2.45) is 11.7 Å². The average molecular weight is 225 g/mol. The number of carbonyl (C=O) groups is 1. The lowest BCUT2D eigenvalue weighted by atomic mass is 10.1. The SMILES string of the molecule is CCOC(=O)N1C[C@@H](CO)[C@@H](N)C1.Cl. The number of halogens is 1. The van der Waals surface area contributed by atoms with Gasteiger partial charge >= 0.3 is 6.09 Å². The summed E-state index contributed by atoms with van der Waals surface area (Å²) in [6.45, 7) is 3.13. The first-order valence-electron chi connectivity index (χ1n) is 4.47. The highest BCUT2D eigenvalue weighted by atomic mass is 35.5. The molecule has 0 bridgehead atoms. The van der Waals surface area contributed by atoms with Gasteiger partial charge in [-0.2, -0.15) is 0 Å². The average Bonchev–Trinajstić information content (AvgIpc) is 2.47. The number of amides is 1. The molecule has 0 spiro atoms. The Hall–Kier alpha value is -0.520. The van der Waals surface area contributed by atoms with Crippen LogP contribution in [0.3, 0.4) is 0 Å². The van der Waals surface area contributed by atoms with E-state index in [1.807, 2.05) is 0 Å². The van der Waals surface area contributed by atoms with E-state index in [0.717, 1.165) is 0 Å². The van der Waals surface area contributed by atoms with Gasteiger partial charge in [0, 0.05) is 31.7 Å². The van der Waals surface area contributed by atoms with Crippen LogP contribution in [0.15, 0.2) is 0 Å². The molecule has 1 rings (SSSR count). The van der Waals surface area contributed by atoms with Gasteiger partial charge in [0.05, 0.1) is 6.61 Å². The monoisotopic (exact) mass is 224 g/mol. The third-order valence-corrected chi connectivity index (χ3v) is 2.25. The molecule has 0 radical (unpaired) electrons. The molecule has 2 atom stereocenters. The van der Waals surface area contributed by atoms with Crippen LogP contribution in [0, 0.1) is 5.92 Å². The number of ether oxygens (including phenoxy) is 1. The molecule has 1 aliphatic heterocycles. The van der Waals surface area contributed by atoms with Gasteiger partial charge in [-0.25, -0.2) is 4.79 Å². The number of nitrogens with zero attached hydrogens (tertiary/aromatic N) is 1. The van der Waals surface area contributed by atoms with E-state index < -0.39 is 0 Å². The van der Waals surface area contributed by atoms with Gasteiger partial charge in [0.15, 0.2) is 0 Å². The quantitative estimate of drug-likeness (QED) is 0.682. The third kappa shape index (κ3) is 3.01. The minimum Gasteiger partial charge on any atom is -0.450 e. The maximum atomic E-state index is 11.2. The molecule has 0 aromatic carbocycles. The molecular formula is C8H17ClN2O3. The van der Waals surface area contributed by atoms with E-state index in [0.29, 0.717) is 19.7 Å². The molecule has 0 unspecified atom stereocenters. The fourth-order valence-electron chi connectivity index (χ4n) is 1.45. The summed E-state index contributed by atoms with van der Waals surface area (Å²) in [6.07, 6.45) is -0.339. The predicted molar refractivity (Wildman–Crippen MR) is 54.4 cm³/mol. The Kier molecular flexibility index (Phi) is 5.83. The molecule has 6 heteroatoms. The van der Waals surface area contributed by atoms with Crippen molar-refractivity contribution in [2.45, 2.75) is 13.0 Å². The highest BCUT2D eigenvalue weighted by Gasteiger charge is 2.32. The van der Waals surface area contributed by atoms with Gasteiger partial charge in [0.25, 0.3) is 0 Å². The summed E-state index contributed by atoms with van der Waals surface area (Å²) in [5, 5.41) is 8.91. The second-order valence-electron chi connectivity index (χ2n) is 3.21. The summed E-state index contributed by atoms with van der Waals surface area (Å²) >= 11 is 0. The summed E-state index contributed by atoms with van der Waals surface area (Å²) < 4.78 is 4.82. The third-order valence-electron chi connectivity index (χ3n) is 2.25. The summed E-state index contributed by atoms with van der Waals surface area (Å²) in [5.41, 5.74) is 5.70.